The molecule has 2 aromatic carbocycles. The number of hydrogen-bond acceptors (Lipinski definition) is 5. The van der Waals surface area contributed by atoms with Gasteiger partial charge in [0.05, 0.1) is 17.7 Å². The van der Waals surface area contributed by atoms with Crippen molar-refractivity contribution in [1.29, 1.82) is 0 Å². The Morgan fingerprint density at radius 1 is 1.03 bits per heavy atom. The second kappa shape index (κ2) is 14.2. The minimum atomic E-state index is -0.974. The highest BCUT2D eigenvalue weighted by molar-refractivity contribution is 9.10. The molecule has 7 heteroatoms. The first-order chi connectivity index (χ1) is 16.0. The number of benzene rings is 2. The van der Waals surface area contributed by atoms with Crippen LogP contribution in [0.2, 0.25) is 0 Å². The van der Waals surface area contributed by atoms with Crippen molar-refractivity contribution in [3.63, 3.8) is 0 Å². The molecule has 0 heterocycles. The molecule has 0 aliphatic carbocycles. The van der Waals surface area contributed by atoms with Crippen molar-refractivity contribution in [3.05, 3.63) is 64.1 Å². The second-order valence-corrected chi connectivity index (χ2v) is 7.65. The smallest absolute Gasteiger partial charge is 0.333 e. The molecule has 176 valence electrons. The zero-order chi connectivity index (χ0) is 24.1. The van der Waals surface area contributed by atoms with Crippen molar-refractivity contribution >= 4 is 21.9 Å². The number of halogens is 1. The van der Waals surface area contributed by atoms with E-state index in [1.807, 2.05) is 50.3 Å². The summed E-state index contributed by atoms with van der Waals surface area (Å²) in [7, 11) is 0. The second-order valence-electron chi connectivity index (χ2n) is 6.79. The summed E-state index contributed by atoms with van der Waals surface area (Å²) in [6, 6.07) is 11.1. The maximum atomic E-state index is 11.3. The average molecular weight is 517 g/mol. The van der Waals surface area contributed by atoms with Gasteiger partial charge in [-0.05, 0) is 78.7 Å². The van der Waals surface area contributed by atoms with Gasteiger partial charge < -0.3 is 24.1 Å². The van der Waals surface area contributed by atoms with E-state index in [9.17, 15) is 9.90 Å². The number of rotatable bonds is 12. The zero-order valence-electron chi connectivity index (χ0n) is 19.1. The molecule has 1 N–H and O–H groups in total. The zero-order valence-corrected chi connectivity index (χ0v) is 20.7. The molecule has 2 aromatic rings. The van der Waals surface area contributed by atoms with E-state index in [0.29, 0.717) is 32.2 Å². The molecule has 2 rings (SSSR count). The lowest BCUT2D eigenvalue weighted by Crippen LogP contribution is -2.26. The fraction of sp³-hybridized carbons (Fsp3) is 0.346. The van der Waals surface area contributed by atoms with Gasteiger partial charge in [-0.1, -0.05) is 17.9 Å². The van der Waals surface area contributed by atoms with E-state index < -0.39 is 12.1 Å². The van der Waals surface area contributed by atoms with Crippen LogP contribution in [0.4, 0.5) is 0 Å². The predicted octanol–water partition coefficient (Wildman–Crippen LogP) is 5.27. The molecule has 6 nitrogen and oxygen atoms in total. The minimum absolute atomic E-state index is 0.285. The monoisotopic (exact) mass is 516 g/mol. The highest BCUT2D eigenvalue weighted by atomic mass is 79.9. The van der Waals surface area contributed by atoms with Gasteiger partial charge in [-0.15, -0.1) is 0 Å². The van der Waals surface area contributed by atoms with E-state index >= 15 is 0 Å². The van der Waals surface area contributed by atoms with E-state index in [4.69, 9.17) is 18.9 Å². The Morgan fingerprint density at radius 2 is 1.73 bits per heavy atom. The number of hydrogen-bond donors (Lipinski definition) is 1. The lowest BCUT2D eigenvalue weighted by Gasteiger charge is -2.13. The third-order valence-corrected chi connectivity index (χ3v) is 4.94. The molecule has 0 amide bonds. The van der Waals surface area contributed by atoms with Crippen molar-refractivity contribution in [2.75, 3.05) is 26.4 Å². The van der Waals surface area contributed by atoms with Gasteiger partial charge >= 0.3 is 5.97 Å². The summed E-state index contributed by atoms with van der Waals surface area (Å²) in [6.07, 6.45) is 2.97. The van der Waals surface area contributed by atoms with Crippen LogP contribution in [0.1, 0.15) is 31.9 Å². The molecule has 0 aromatic heterocycles. The third kappa shape index (κ3) is 9.21. The number of ether oxygens (including phenoxy) is 4. The lowest BCUT2D eigenvalue weighted by atomic mass is 10.1. The highest BCUT2D eigenvalue weighted by Crippen LogP contribution is 2.27. The third-order valence-electron chi connectivity index (χ3n) is 4.32. The Balaban J connectivity index is 1.94. The number of aliphatic carboxylic acids is 1. The average Bonchev–Trinajstić information content (AvgIpc) is 2.77. The fourth-order valence-electron chi connectivity index (χ4n) is 2.93. The van der Waals surface area contributed by atoms with Gasteiger partial charge in [-0.3, -0.25) is 0 Å². The van der Waals surface area contributed by atoms with Crippen LogP contribution in [0.3, 0.4) is 0 Å². The van der Waals surface area contributed by atoms with Crippen molar-refractivity contribution in [1.82, 2.24) is 0 Å². The van der Waals surface area contributed by atoms with Crippen LogP contribution >= 0.6 is 15.9 Å². The molecule has 0 unspecified atom stereocenters. The molecular weight excluding hydrogens is 488 g/mol. The Bertz CT molecular complexity index is 981. The number of carbonyl (C=O) groups is 1. The Hall–Kier alpha value is -2.95. The van der Waals surface area contributed by atoms with Crippen molar-refractivity contribution in [2.45, 2.75) is 33.3 Å². The molecule has 0 saturated carbocycles. The van der Waals surface area contributed by atoms with E-state index in [2.05, 4.69) is 27.8 Å². The van der Waals surface area contributed by atoms with Gasteiger partial charge in [0.1, 0.15) is 23.9 Å². The van der Waals surface area contributed by atoms with E-state index in [0.717, 1.165) is 27.1 Å². The summed E-state index contributed by atoms with van der Waals surface area (Å²) >= 11 is 3.48. The van der Waals surface area contributed by atoms with Crippen molar-refractivity contribution in [3.8, 4) is 29.1 Å². The van der Waals surface area contributed by atoms with Crippen LogP contribution in [0.25, 0.3) is 0 Å². The molecule has 0 fully saturated rings. The topological polar surface area (TPSA) is 74.2 Å². The van der Waals surface area contributed by atoms with E-state index in [1.165, 1.54) is 0 Å². The van der Waals surface area contributed by atoms with Crippen LogP contribution in [0.5, 0.6) is 17.2 Å². The van der Waals surface area contributed by atoms with Gasteiger partial charge in [0.2, 0.25) is 0 Å². The molecule has 0 aliphatic heterocycles. The van der Waals surface area contributed by atoms with Crippen LogP contribution in [0.15, 0.2) is 53.0 Å². The Morgan fingerprint density at radius 3 is 2.30 bits per heavy atom. The van der Waals surface area contributed by atoms with Crippen LogP contribution < -0.4 is 14.2 Å². The van der Waals surface area contributed by atoms with Crippen molar-refractivity contribution in [2.24, 2.45) is 0 Å². The van der Waals surface area contributed by atoms with Gasteiger partial charge in [0.15, 0.2) is 6.10 Å². The molecule has 0 saturated heterocycles. The molecule has 0 bridgehead atoms. The maximum absolute atomic E-state index is 11.3. The van der Waals surface area contributed by atoms with Gasteiger partial charge in [-0.25, -0.2) is 4.79 Å². The maximum Gasteiger partial charge on any atom is 0.333 e. The highest BCUT2D eigenvalue weighted by Gasteiger charge is 2.18. The summed E-state index contributed by atoms with van der Waals surface area (Å²) < 4.78 is 22.9. The Labute approximate surface area is 203 Å². The van der Waals surface area contributed by atoms with Crippen LogP contribution in [-0.2, 0) is 16.0 Å². The van der Waals surface area contributed by atoms with Crippen LogP contribution in [-0.4, -0.2) is 43.6 Å². The molecule has 33 heavy (non-hydrogen) atoms. The van der Waals surface area contributed by atoms with E-state index in [1.54, 1.807) is 19.1 Å². The lowest BCUT2D eigenvalue weighted by molar-refractivity contribution is -0.149. The van der Waals surface area contributed by atoms with Gasteiger partial charge in [0.25, 0.3) is 0 Å². The van der Waals surface area contributed by atoms with Gasteiger partial charge in [-0.2, -0.15) is 0 Å². The predicted molar refractivity (Wildman–Crippen MR) is 131 cm³/mol. The number of carboxylic acids is 1. The van der Waals surface area contributed by atoms with Crippen molar-refractivity contribution < 1.29 is 28.8 Å². The first kappa shape index (κ1) is 26.3. The summed E-state index contributed by atoms with van der Waals surface area (Å²) in [4.78, 5) is 11.3. The minimum Gasteiger partial charge on any atom is -0.494 e. The van der Waals surface area contributed by atoms with Crippen LogP contribution in [0, 0.1) is 11.8 Å². The molecule has 0 spiro atoms. The fourth-order valence-corrected chi connectivity index (χ4v) is 3.48. The normalized spacial score (nSPS) is 11.5. The summed E-state index contributed by atoms with van der Waals surface area (Å²) in [5.74, 6) is 7.20. The molecule has 1 atom stereocenters. The largest absolute Gasteiger partial charge is 0.494 e. The number of carboxylic acid groups (broad SMARTS) is 1. The number of allylic oxidation sites excluding steroid dienone is 1. The first-order valence-electron chi connectivity index (χ1n) is 10.8. The standard InChI is InChI=1S/C26H29BrO6/c1-4-30-21-14-19(15-22(18-21)31-5-2)10-8-7-9-13-33-24-12-11-20(16-23(24)27)17-25(26(28)29)32-6-3/h7,9,11-12,14-16,18,25H,4-6,13,17H2,1-3H3,(H,28,29)/b9-7-/t25-/m0/s1. The molecular formula is C26H29BrO6. The molecule has 0 aliphatic rings. The summed E-state index contributed by atoms with van der Waals surface area (Å²) in [6.45, 7) is 7.47. The van der Waals surface area contributed by atoms with Gasteiger partial charge in [0, 0.05) is 24.7 Å². The SMILES string of the molecule is CCOc1cc(C#C/C=C\COc2ccc(C[C@H](OCC)C(=O)O)cc2Br)cc(OCC)c1. The first-order valence-corrected chi connectivity index (χ1v) is 11.6. The summed E-state index contributed by atoms with van der Waals surface area (Å²) in [5, 5.41) is 9.23. The molecule has 0 radical (unpaired) electrons. The Kier molecular flexibility index (Phi) is 11.4. The quantitative estimate of drug-likeness (QED) is 0.387. The summed E-state index contributed by atoms with van der Waals surface area (Å²) in [5.41, 5.74) is 1.65. The van der Waals surface area contributed by atoms with E-state index in [-0.39, 0.29) is 6.42 Å².